The Balaban J connectivity index is 1.73. The minimum absolute atomic E-state index is 0.130. The Bertz CT molecular complexity index is 746. The fourth-order valence-corrected chi connectivity index (χ4v) is 3.87. The lowest BCUT2D eigenvalue weighted by Crippen LogP contribution is -2.35. The van der Waals surface area contributed by atoms with Crippen LogP contribution in [0.2, 0.25) is 0 Å². The monoisotopic (exact) mass is 315 g/mol. The second kappa shape index (κ2) is 5.42. The summed E-state index contributed by atoms with van der Waals surface area (Å²) in [6.07, 6.45) is 0. The summed E-state index contributed by atoms with van der Waals surface area (Å²) in [5.74, 6) is 0.272. The molecule has 120 valence electrons. The van der Waals surface area contributed by atoms with Gasteiger partial charge in [-0.15, -0.1) is 0 Å². The van der Waals surface area contributed by atoms with Gasteiger partial charge in [0.25, 0.3) is 5.91 Å². The number of amides is 1. The zero-order valence-electron chi connectivity index (χ0n) is 12.8. The molecule has 0 radical (unpaired) electrons. The molecule has 2 saturated heterocycles. The van der Waals surface area contributed by atoms with Crippen molar-refractivity contribution in [1.29, 1.82) is 0 Å². The molecule has 0 bridgehead atoms. The molecule has 0 aliphatic carbocycles. The summed E-state index contributed by atoms with van der Waals surface area (Å²) >= 11 is 0. The van der Waals surface area contributed by atoms with Crippen LogP contribution in [0.3, 0.4) is 0 Å². The number of benzene rings is 1. The zero-order valence-corrected chi connectivity index (χ0v) is 12.8. The summed E-state index contributed by atoms with van der Waals surface area (Å²) in [6.45, 7) is 4.14. The standard InChI is InChI=1S/C16H18FN5O/c1-9-14(20-21-19-9)16(23)22-8-11-6-18-7-13(11)15(22)10-3-2-4-12(17)5-10/h2-5,11,13,15,18H,6-8H2,1H3,(H,19,20,21)/t11-,13-,15-/m0/s1. The van der Waals surface area contributed by atoms with Crippen LogP contribution in [0.4, 0.5) is 4.39 Å². The van der Waals surface area contributed by atoms with Crippen LogP contribution in [0.1, 0.15) is 27.8 Å². The van der Waals surface area contributed by atoms with Crippen molar-refractivity contribution < 1.29 is 9.18 Å². The number of rotatable bonds is 2. The molecule has 1 aromatic heterocycles. The average Bonchev–Trinajstić information content (AvgIpc) is 3.21. The first-order valence-electron chi connectivity index (χ1n) is 7.79. The fraction of sp³-hybridized carbons (Fsp3) is 0.438. The average molecular weight is 315 g/mol. The molecule has 2 aromatic rings. The van der Waals surface area contributed by atoms with Gasteiger partial charge in [0.15, 0.2) is 5.69 Å². The highest BCUT2D eigenvalue weighted by Gasteiger charge is 2.47. The van der Waals surface area contributed by atoms with E-state index >= 15 is 0 Å². The van der Waals surface area contributed by atoms with Gasteiger partial charge in [-0.1, -0.05) is 12.1 Å². The number of halogens is 1. The molecular weight excluding hydrogens is 297 g/mol. The van der Waals surface area contributed by atoms with Crippen molar-refractivity contribution in [2.75, 3.05) is 19.6 Å². The van der Waals surface area contributed by atoms with Crippen molar-refractivity contribution >= 4 is 5.91 Å². The Morgan fingerprint density at radius 3 is 2.96 bits per heavy atom. The molecule has 2 N–H and O–H groups in total. The van der Waals surface area contributed by atoms with Crippen LogP contribution in [0.5, 0.6) is 0 Å². The third-order valence-electron chi connectivity index (χ3n) is 4.94. The largest absolute Gasteiger partial charge is 0.329 e. The van der Waals surface area contributed by atoms with Crippen LogP contribution >= 0.6 is 0 Å². The Morgan fingerprint density at radius 1 is 1.35 bits per heavy atom. The van der Waals surface area contributed by atoms with E-state index in [9.17, 15) is 9.18 Å². The quantitative estimate of drug-likeness (QED) is 0.876. The number of H-pyrrole nitrogens is 1. The number of nitrogens with zero attached hydrogens (tertiary/aromatic N) is 3. The van der Waals surface area contributed by atoms with Crippen LogP contribution < -0.4 is 5.32 Å². The van der Waals surface area contributed by atoms with Crippen molar-refractivity contribution in [3.8, 4) is 0 Å². The number of aryl methyl sites for hydroxylation is 1. The van der Waals surface area contributed by atoms with Gasteiger partial charge < -0.3 is 10.2 Å². The van der Waals surface area contributed by atoms with Crippen LogP contribution in [-0.4, -0.2) is 45.9 Å². The second-order valence-corrected chi connectivity index (χ2v) is 6.30. The predicted octanol–water partition coefficient (Wildman–Crippen LogP) is 1.28. The number of carbonyl (C=O) groups excluding carboxylic acids is 1. The van der Waals surface area contributed by atoms with Gasteiger partial charge in [-0.2, -0.15) is 15.4 Å². The first-order chi connectivity index (χ1) is 11.1. The van der Waals surface area contributed by atoms with E-state index in [-0.39, 0.29) is 17.8 Å². The van der Waals surface area contributed by atoms with Gasteiger partial charge in [0.2, 0.25) is 0 Å². The SMILES string of the molecule is Cc1n[nH]nc1C(=O)N1C[C@@H]2CNC[C@@H]2[C@@H]1c1cccc(F)c1. The third-order valence-corrected chi connectivity index (χ3v) is 4.94. The van der Waals surface area contributed by atoms with E-state index in [1.807, 2.05) is 11.0 Å². The summed E-state index contributed by atoms with van der Waals surface area (Å²) in [5, 5.41) is 13.8. The molecule has 23 heavy (non-hydrogen) atoms. The van der Waals surface area contributed by atoms with Gasteiger partial charge in [0, 0.05) is 25.6 Å². The lowest BCUT2D eigenvalue weighted by atomic mass is 9.89. The Hall–Kier alpha value is -2.28. The lowest BCUT2D eigenvalue weighted by molar-refractivity contribution is 0.0707. The maximum Gasteiger partial charge on any atom is 0.276 e. The van der Waals surface area contributed by atoms with Crippen LogP contribution in [-0.2, 0) is 0 Å². The van der Waals surface area contributed by atoms with Crippen molar-refractivity contribution in [1.82, 2.24) is 25.6 Å². The smallest absolute Gasteiger partial charge is 0.276 e. The predicted molar refractivity (Wildman–Crippen MR) is 81.1 cm³/mol. The van der Waals surface area contributed by atoms with Crippen molar-refractivity contribution in [3.63, 3.8) is 0 Å². The minimum Gasteiger partial charge on any atom is -0.329 e. The normalized spacial score (nSPS) is 26.5. The van der Waals surface area contributed by atoms with Gasteiger partial charge in [-0.25, -0.2) is 4.39 Å². The molecule has 2 aliphatic heterocycles. The number of nitrogens with one attached hydrogen (secondary N) is 2. The topological polar surface area (TPSA) is 73.9 Å². The summed E-state index contributed by atoms with van der Waals surface area (Å²) in [4.78, 5) is 14.7. The second-order valence-electron chi connectivity index (χ2n) is 6.30. The molecule has 2 aliphatic rings. The van der Waals surface area contributed by atoms with Gasteiger partial charge >= 0.3 is 0 Å². The van der Waals surface area contributed by atoms with E-state index in [0.29, 0.717) is 29.8 Å². The van der Waals surface area contributed by atoms with Crippen LogP contribution in [0, 0.1) is 24.6 Å². The summed E-state index contributed by atoms with van der Waals surface area (Å²) in [7, 11) is 0. The maximum atomic E-state index is 13.7. The fourth-order valence-electron chi connectivity index (χ4n) is 3.87. The van der Waals surface area contributed by atoms with E-state index < -0.39 is 0 Å². The van der Waals surface area contributed by atoms with Gasteiger partial charge in [-0.05, 0) is 30.5 Å². The van der Waals surface area contributed by atoms with Gasteiger partial charge in [-0.3, -0.25) is 4.79 Å². The van der Waals surface area contributed by atoms with Crippen molar-refractivity contribution in [2.24, 2.45) is 11.8 Å². The molecule has 0 spiro atoms. The number of carbonyl (C=O) groups is 1. The first-order valence-corrected chi connectivity index (χ1v) is 7.79. The van der Waals surface area contributed by atoms with Gasteiger partial charge in [0.1, 0.15) is 5.82 Å². The number of aromatic nitrogens is 3. The van der Waals surface area contributed by atoms with Crippen molar-refractivity contribution in [3.05, 3.63) is 47.0 Å². The van der Waals surface area contributed by atoms with Gasteiger partial charge in [0.05, 0.1) is 11.7 Å². The molecular formula is C16H18FN5O. The number of aromatic amines is 1. The maximum absolute atomic E-state index is 13.7. The third kappa shape index (κ3) is 2.31. The Morgan fingerprint density at radius 2 is 2.22 bits per heavy atom. The number of hydrogen-bond acceptors (Lipinski definition) is 4. The summed E-state index contributed by atoms with van der Waals surface area (Å²) < 4.78 is 13.7. The lowest BCUT2D eigenvalue weighted by Gasteiger charge is -2.28. The summed E-state index contributed by atoms with van der Waals surface area (Å²) in [5.41, 5.74) is 1.78. The molecule has 0 saturated carbocycles. The zero-order chi connectivity index (χ0) is 16.0. The molecule has 7 heteroatoms. The van der Waals surface area contributed by atoms with E-state index in [4.69, 9.17) is 0 Å². The van der Waals surface area contributed by atoms with E-state index in [2.05, 4.69) is 20.7 Å². The molecule has 3 heterocycles. The van der Waals surface area contributed by atoms with E-state index in [1.54, 1.807) is 13.0 Å². The van der Waals surface area contributed by atoms with E-state index in [1.165, 1.54) is 12.1 Å². The molecule has 1 amide bonds. The molecule has 4 rings (SSSR count). The van der Waals surface area contributed by atoms with Crippen molar-refractivity contribution in [2.45, 2.75) is 13.0 Å². The highest BCUT2D eigenvalue weighted by molar-refractivity contribution is 5.93. The highest BCUT2D eigenvalue weighted by atomic mass is 19.1. The Labute approximate surface area is 133 Å². The first kappa shape index (κ1) is 14.3. The Kier molecular flexibility index (Phi) is 3.37. The van der Waals surface area contributed by atoms with Crippen LogP contribution in [0.15, 0.2) is 24.3 Å². The number of likely N-dealkylation sites (tertiary alicyclic amines) is 1. The van der Waals surface area contributed by atoms with E-state index in [0.717, 1.165) is 18.7 Å². The minimum atomic E-state index is -0.276. The molecule has 1 aromatic carbocycles. The molecule has 0 unspecified atom stereocenters. The molecule has 2 fully saturated rings. The van der Waals surface area contributed by atoms with Crippen LogP contribution in [0.25, 0.3) is 0 Å². The highest BCUT2D eigenvalue weighted by Crippen LogP contribution is 2.43. The molecule has 6 nitrogen and oxygen atoms in total. The number of fused-ring (bicyclic) bond motifs is 1. The summed E-state index contributed by atoms with van der Waals surface area (Å²) in [6, 6.07) is 6.42. The number of hydrogen-bond donors (Lipinski definition) is 2. The molecule has 3 atom stereocenters.